The zero-order valence-electron chi connectivity index (χ0n) is 15.1. The summed E-state index contributed by atoms with van der Waals surface area (Å²) in [5.74, 6) is -1.49. The molecule has 0 aliphatic carbocycles. The van der Waals surface area contributed by atoms with Crippen molar-refractivity contribution in [3.05, 3.63) is 52.2 Å². The summed E-state index contributed by atoms with van der Waals surface area (Å²) in [5.41, 5.74) is 5.23. The first-order valence-electron chi connectivity index (χ1n) is 8.91. The number of amides is 3. The number of halogens is 2. The summed E-state index contributed by atoms with van der Waals surface area (Å²) in [6.07, 6.45) is 0.938. The van der Waals surface area contributed by atoms with Crippen molar-refractivity contribution in [1.82, 2.24) is 10.2 Å². The molecule has 1 aliphatic rings. The third-order valence-electron chi connectivity index (χ3n) is 4.56. The number of urea groups is 1. The number of primary amides is 1. The molecule has 150 valence electrons. The zero-order chi connectivity index (χ0) is 20.1. The van der Waals surface area contributed by atoms with Gasteiger partial charge in [-0.1, -0.05) is 6.07 Å². The highest BCUT2D eigenvalue weighted by Crippen LogP contribution is 2.26. The molecule has 1 aromatic carbocycles. The molecular formula is C19H21F2N3O3S. The number of rotatable bonds is 6. The first kappa shape index (κ1) is 20.1. The maximum absolute atomic E-state index is 13.7. The number of hydrogen-bond donors (Lipinski definition) is 2. The van der Waals surface area contributed by atoms with E-state index in [1.807, 2.05) is 17.5 Å². The maximum Gasteiger partial charge on any atom is 0.312 e. The van der Waals surface area contributed by atoms with Gasteiger partial charge in [-0.25, -0.2) is 13.6 Å². The van der Waals surface area contributed by atoms with E-state index in [9.17, 15) is 18.4 Å². The van der Waals surface area contributed by atoms with Gasteiger partial charge in [-0.2, -0.15) is 0 Å². The molecule has 1 aromatic heterocycles. The molecule has 2 heterocycles. The van der Waals surface area contributed by atoms with Crippen LogP contribution in [0.5, 0.6) is 5.75 Å². The highest BCUT2D eigenvalue weighted by Gasteiger charge is 2.27. The van der Waals surface area contributed by atoms with Crippen molar-refractivity contribution in [2.24, 2.45) is 5.73 Å². The number of piperidine rings is 1. The standard InChI is InChI=1S/C19H21F2N3O3S/c20-12-3-4-16(14(21)10-12)27-13-5-7-24(8-6-13)18(25)11-15(23-19(22)26)17-2-1-9-28-17/h1-4,9-10,13,15H,5-8,11H2,(H3,22,23,26). The molecule has 1 unspecified atom stereocenters. The highest BCUT2D eigenvalue weighted by atomic mass is 32.1. The summed E-state index contributed by atoms with van der Waals surface area (Å²) in [7, 11) is 0. The van der Waals surface area contributed by atoms with Crippen LogP contribution in [-0.4, -0.2) is 36.0 Å². The van der Waals surface area contributed by atoms with E-state index >= 15 is 0 Å². The van der Waals surface area contributed by atoms with Crippen LogP contribution in [0, 0.1) is 11.6 Å². The molecule has 2 aromatic rings. The van der Waals surface area contributed by atoms with Crippen LogP contribution in [0.1, 0.15) is 30.2 Å². The van der Waals surface area contributed by atoms with Gasteiger partial charge < -0.3 is 20.7 Å². The molecule has 1 saturated heterocycles. The molecule has 1 fully saturated rings. The molecule has 3 N–H and O–H groups in total. The Bertz CT molecular complexity index is 824. The Kier molecular flexibility index (Phi) is 6.45. The SMILES string of the molecule is NC(=O)NC(CC(=O)N1CCC(Oc2ccc(F)cc2F)CC1)c1cccs1. The van der Waals surface area contributed by atoms with Crippen molar-refractivity contribution in [3.63, 3.8) is 0 Å². The Balaban J connectivity index is 1.53. The number of benzene rings is 1. The average molecular weight is 409 g/mol. The molecule has 6 nitrogen and oxygen atoms in total. The van der Waals surface area contributed by atoms with Gasteiger partial charge in [0.15, 0.2) is 11.6 Å². The number of likely N-dealkylation sites (tertiary alicyclic amines) is 1. The average Bonchev–Trinajstić information content (AvgIpc) is 3.18. The number of nitrogens with one attached hydrogen (secondary N) is 1. The molecule has 1 aliphatic heterocycles. The summed E-state index contributed by atoms with van der Waals surface area (Å²) in [6.45, 7) is 0.917. The van der Waals surface area contributed by atoms with Crippen molar-refractivity contribution < 1.29 is 23.1 Å². The van der Waals surface area contributed by atoms with Gasteiger partial charge >= 0.3 is 6.03 Å². The van der Waals surface area contributed by atoms with Crippen molar-refractivity contribution in [2.75, 3.05) is 13.1 Å². The van der Waals surface area contributed by atoms with E-state index in [0.717, 1.165) is 17.0 Å². The van der Waals surface area contributed by atoms with Crippen molar-refractivity contribution in [2.45, 2.75) is 31.4 Å². The minimum Gasteiger partial charge on any atom is -0.487 e. The molecule has 0 bridgehead atoms. The fourth-order valence-electron chi connectivity index (χ4n) is 3.16. The number of ether oxygens (including phenoxy) is 1. The monoisotopic (exact) mass is 409 g/mol. The van der Waals surface area contributed by atoms with Gasteiger partial charge in [-0.15, -0.1) is 11.3 Å². The second-order valence-electron chi connectivity index (χ2n) is 6.55. The number of carbonyl (C=O) groups excluding carboxylic acids is 2. The van der Waals surface area contributed by atoms with E-state index in [2.05, 4.69) is 5.32 Å². The predicted octanol–water partition coefficient (Wildman–Crippen LogP) is 3.20. The minimum atomic E-state index is -0.741. The summed E-state index contributed by atoms with van der Waals surface area (Å²) in [4.78, 5) is 26.4. The lowest BCUT2D eigenvalue weighted by molar-refractivity contribution is -0.133. The number of carbonyl (C=O) groups is 2. The first-order valence-corrected chi connectivity index (χ1v) is 9.79. The molecule has 0 saturated carbocycles. The minimum absolute atomic E-state index is 0.00888. The van der Waals surface area contributed by atoms with Gasteiger partial charge in [0.1, 0.15) is 11.9 Å². The second kappa shape index (κ2) is 9.01. The van der Waals surface area contributed by atoms with Gasteiger partial charge in [0.25, 0.3) is 0 Å². The third-order valence-corrected chi connectivity index (χ3v) is 5.55. The van der Waals surface area contributed by atoms with Gasteiger partial charge in [-0.05, 0) is 23.6 Å². The smallest absolute Gasteiger partial charge is 0.312 e. The van der Waals surface area contributed by atoms with Gasteiger partial charge in [-0.3, -0.25) is 4.79 Å². The summed E-state index contributed by atoms with van der Waals surface area (Å²) in [5, 5.41) is 4.48. The van der Waals surface area contributed by atoms with Crippen LogP contribution in [0.15, 0.2) is 35.7 Å². The van der Waals surface area contributed by atoms with E-state index in [1.165, 1.54) is 17.4 Å². The predicted molar refractivity (Wildman–Crippen MR) is 101 cm³/mol. The van der Waals surface area contributed by atoms with E-state index < -0.39 is 23.7 Å². The lowest BCUT2D eigenvalue weighted by atomic mass is 10.1. The van der Waals surface area contributed by atoms with Gasteiger partial charge in [0.05, 0.1) is 12.5 Å². The topological polar surface area (TPSA) is 84.7 Å². The van der Waals surface area contributed by atoms with Crippen LogP contribution in [0.4, 0.5) is 13.6 Å². The number of nitrogens with two attached hydrogens (primary N) is 1. The van der Waals surface area contributed by atoms with Crippen molar-refractivity contribution in [1.29, 1.82) is 0 Å². The quantitative estimate of drug-likeness (QED) is 0.768. The fraction of sp³-hybridized carbons (Fsp3) is 0.368. The van der Waals surface area contributed by atoms with Crippen LogP contribution in [-0.2, 0) is 4.79 Å². The Morgan fingerprint density at radius 2 is 2.04 bits per heavy atom. The Hall–Kier alpha value is -2.68. The first-order chi connectivity index (χ1) is 13.4. The van der Waals surface area contributed by atoms with Crippen LogP contribution in [0.2, 0.25) is 0 Å². The van der Waals surface area contributed by atoms with Crippen LogP contribution >= 0.6 is 11.3 Å². The largest absolute Gasteiger partial charge is 0.487 e. The fourth-order valence-corrected chi connectivity index (χ4v) is 3.94. The third kappa shape index (κ3) is 5.19. The Morgan fingerprint density at radius 1 is 1.29 bits per heavy atom. The van der Waals surface area contributed by atoms with E-state index in [0.29, 0.717) is 25.9 Å². The van der Waals surface area contributed by atoms with Crippen molar-refractivity contribution in [3.8, 4) is 5.75 Å². The van der Waals surface area contributed by atoms with E-state index in [-0.39, 0.29) is 24.2 Å². The molecule has 0 radical (unpaired) electrons. The molecular weight excluding hydrogens is 388 g/mol. The lowest BCUT2D eigenvalue weighted by Crippen LogP contribution is -2.43. The Morgan fingerprint density at radius 3 is 2.64 bits per heavy atom. The van der Waals surface area contributed by atoms with Crippen LogP contribution in [0.3, 0.4) is 0 Å². The zero-order valence-corrected chi connectivity index (χ0v) is 15.9. The molecule has 1 atom stereocenters. The molecule has 28 heavy (non-hydrogen) atoms. The summed E-state index contributed by atoms with van der Waals surface area (Å²) < 4.78 is 32.3. The summed E-state index contributed by atoms with van der Waals surface area (Å²) in [6, 6.07) is 5.74. The lowest BCUT2D eigenvalue weighted by Gasteiger charge is -2.33. The summed E-state index contributed by atoms with van der Waals surface area (Å²) >= 11 is 1.44. The highest BCUT2D eigenvalue weighted by molar-refractivity contribution is 7.10. The van der Waals surface area contributed by atoms with Gasteiger partial charge in [0, 0.05) is 36.9 Å². The maximum atomic E-state index is 13.7. The Labute approximate surface area is 165 Å². The number of hydrogen-bond acceptors (Lipinski definition) is 4. The molecule has 3 amide bonds. The molecule has 9 heteroatoms. The molecule has 0 spiro atoms. The van der Waals surface area contributed by atoms with Crippen molar-refractivity contribution >= 4 is 23.3 Å². The van der Waals surface area contributed by atoms with Crippen LogP contribution in [0.25, 0.3) is 0 Å². The normalized spacial score (nSPS) is 15.9. The van der Waals surface area contributed by atoms with E-state index in [4.69, 9.17) is 10.5 Å². The van der Waals surface area contributed by atoms with Gasteiger partial charge in [0.2, 0.25) is 5.91 Å². The number of nitrogens with zero attached hydrogens (tertiary/aromatic N) is 1. The molecule has 3 rings (SSSR count). The second-order valence-corrected chi connectivity index (χ2v) is 7.53. The number of thiophene rings is 1. The van der Waals surface area contributed by atoms with Crippen LogP contribution < -0.4 is 15.8 Å². The van der Waals surface area contributed by atoms with E-state index in [1.54, 1.807) is 4.90 Å².